The number of thioether (sulfide) groups is 1. The van der Waals surface area contributed by atoms with Crippen LogP contribution in [-0.2, 0) is 0 Å². The van der Waals surface area contributed by atoms with Crippen LogP contribution in [-0.4, -0.2) is 35.3 Å². The molecule has 1 aromatic heterocycles. The van der Waals surface area contributed by atoms with E-state index in [4.69, 9.17) is 4.74 Å². The van der Waals surface area contributed by atoms with Gasteiger partial charge in [0, 0.05) is 12.5 Å². The number of hydrogen-bond acceptors (Lipinski definition) is 5. The molecular weight excluding hydrogens is 358 g/mol. The Bertz CT molecular complexity index is 761. The molecule has 0 radical (unpaired) electrons. The summed E-state index contributed by atoms with van der Waals surface area (Å²) in [4.78, 5) is 21.6. The molecule has 2 rings (SSSR count). The number of rotatable bonds is 9. The highest BCUT2D eigenvalue weighted by Crippen LogP contribution is 2.23. The van der Waals surface area contributed by atoms with E-state index in [1.807, 2.05) is 37.4 Å². The number of ether oxygens (including phenoxy) is 1. The molecule has 0 saturated carbocycles. The van der Waals surface area contributed by atoms with Crippen molar-refractivity contribution in [2.75, 3.05) is 19.4 Å². The molecule has 5 nitrogen and oxygen atoms in total. The Hall–Kier alpha value is -2.08. The van der Waals surface area contributed by atoms with Crippen LogP contribution in [0.4, 0.5) is 0 Å². The molecule has 0 fully saturated rings. The molecule has 0 aliphatic rings. The summed E-state index contributed by atoms with van der Waals surface area (Å²) >= 11 is 1.48. The molecule has 0 bridgehead atoms. The van der Waals surface area contributed by atoms with Crippen molar-refractivity contribution < 1.29 is 9.53 Å². The van der Waals surface area contributed by atoms with E-state index in [-0.39, 0.29) is 11.8 Å². The van der Waals surface area contributed by atoms with Gasteiger partial charge in [-0.25, -0.2) is 9.97 Å². The van der Waals surface area contributed by atoms with Gasteiger partial charge in [-0.2, -0.15) is 0 Å². The van der Waals surface area contributed by atoms with Gasteiger partial charge < -0.3 is 10.1 Å². The summed E-state index contributed by atoms with van der Waals surface area (Å²) in [5.41, 5.74) is 2.54. The molecule has 0 aliphatic heterocycles. The van der Waals surface area contributed by atoms with Crippen LogP contribution in [0.5, 0.6) is 5.75 Å². The van der Waals surface area contributed by atoms with E-state index in [1.165, 1.54) is 17.3 Å². The van der Waals surface area contributed by atoms with E-state index < -0.39 is 0 Å². The van der Waals surface area contributed by atoms with Gasteiger partial charge in [0.1, 0.15) is 16.6 Å². The number of carbonyl (C=O) groups is 1. The highest BCUT2D eigenvalue weighted by atomic mass is 32.2. The fourth-order valence-corrected chi connectivity index (χ4v) is 3.21. The lowest BCUT2D eigenvalue weighted by molar-refractivity contribution is 0.0947. The number of carbonyl (C=O) groups excluding carboxylic acids is 1. The van der Waals surface area contributed by atoms with Crippen molar-refractivity contribution in [3.63, 3.8) is 0 Å². The molecule has 6 heteroatoms. The maximum atomic E-state index is 12.6. The molecule has 2 aromatic rings. The summed E-state index contributed by atoms with van der Waals surface area (Å²) in [6.07, 6.45) is 3.67. The highest BCUT2D eigenvalue weighted by molar-refractivity contribution is 7.98. The van der Waals surface area contributed by atoms with Crippen LogP contribution >= 0.6 is 11.8 Å². The monoisotopic (exact) mass is 387 g/mol. The smallest absolute Gasteiger partial charge is 0.255 e. The van der Waals surface area contributed by atoms with Crippen molar-refractivity contribution in [3.8, 4) is 5.75 Å². The number of hydrogen-bond donors (Lipinski definition) is 1. The van der Waals surface area contributed by atoms with E-state index >= 15 is 0 Å². The van der Waals surface area contributed by atoms with Gasteiger partial charge in [0.05, 0.1) is 17.9 Å². The molecule has 0 saturated heterocycles. The van der Waals surface area contributed by atoms with E-state index in [1.54, 1.807) is 0 Å². The zero-order valence-electron chi connectivity index (χ0n) is 16.8. The van der Waals surface area contributed by atoms with Crippen molar-refractivity contribution in [2.24, 2.45) is 0 Å². The number of nitrogens with one attached hydrogen (secondary N) is 1. The van der Waals surface area contributed by atoms with Crippen LogP contribution in [0.15, 0.2) is 29.3 Å². The Labute approximate surface area is 166 Å². The normalized spacial score (nSPS) is 10.9. The zero-order valence-corrected chi connectivity index (χ0v) is 17.7. The summed E-state index contributed by atoms with van der Waals surface area (Å²) in [5, 5.41) is 3.72. The largest absolute Gasteiger partial charge is 0.494 e. The number of benzene rings is 1. The Kier molecular flexibility index (Phi) is 8.10. The standard InChI is InChI=1S/C21H29N3O2S/c1-14(2)19-23-16(4)18(21(24-19)27-5)20(25)22-12-6-7-13-26-17-10-8-15(3)9-11-17/h8-11,14H,6-7,12-13H2,1-5H3,(H,22,25). The van der Waals surface area contributed by atoms with Crippen molar-refractivity contribution in [1.29, 1.82) is 0 Å². The topological polar surface area (TPSA) is 64.1 Å². The third-order valence-electron chi connectivity index (χ3n) is 4.16. The van der Waals surface area contributed by atoms with Crippen LogP contribution in [0.2, 0.25) is 0 Å². The average molecular weight is 388 g/mol. The lowest BCUT2D eigenvalue weighted by atomic mass is 10.1. The van der Waals surface area contributed by atoms with Gasteiger partial charge in [0.25, 0.3) is 5.91 Å². The molecule has 1 aromatic carbocycles. The first kappa shape index (κ1) is 21.2. The van der Waals surface area contributed by atoms with E-state index in [0.717, 1.165) is 35.1 Å². The van der Waals surface area contributed by atoms with Gasteiger partial charge >= 0.3 is 0 Å². The predicted molar refractivity (Wildman–Crippen MR) is 111 cm³/mol. The number of aryl methyl sites for hydroxylation is 2. The van der Waals surface area contributed by atoms with Crippen LogP contribution < -0.4 is 10.1 Å². The minimum Gasteiger partial charge on any atom is -0.494 e. The molecule has 0 unspecified atom stereocenters. The van der Waals surface area contributed by atoms with Crippen molar-refractivity contribution in [3.05, 3.63) is 46.9 Å². The molecule has 0 aliphatic carbocycles. The SMILES string of the molecule is CSc1nc(C(C)C)nc(C)c1C(=O)NCCCCOc1ccc(C)cc1. The minimum absolute atomic E-state index is 0.105. The Morgan fingerprint density at radius 1 is 1.15 bits per heavy atom. The first-order valence-electron chi connectivity index (χ1n) is 9.32. The quantitative estimate of drug-likeness (QED) is 0.389. The van der Waals surface area contributed by atoms with Gasteiger partial charge in [-0.1, -0.05) is 31.5 Å². The van der Waals surface area contributed by atoms with E-state index in [2.05, 4.69) is 36.1 Å². The lowest BCUT2D eigenvalue weighted by Crippen LogP contribution is -2.27. The summed E-state index contributed by atoms with van der Waals surface area (Å²) in [6.45, 7) is 9.28. The van der Waals surface area contributed by atoms with Gasteiger partial charge in [0.15, 0.2) is 0 Å². The number of amides is 1. The van der Waals surface area contributed by atoms with Gasteiger partial charge in [-0.15, -0.1) is 11.8 Å². The molecule has 146 valence electrons. The molecule has 0 spiro atoms. The number of aromatic nitrogens is 2. The summed E-state index contributed by atoms with van der Waals surface area (Å²) in [7, 11) is 0. The molecule has 0 atom stereocenters. The second kappa shape index (κ2) is 10.3. The van der Waals surface area contributed by atoms with Crippen LogP contribution in [0.25, 0.3) is 0 Å². The first-order valence-corrected chi connectivity index (χ1v) is 10.5. The van der Waals surface area contributed by atoms with Crippen molar-refractivity contribution in [2.45, 2.75) is 51.5 Å². The third-order valence-corrected chi connectivity index (χ3v) is 4.84. The Morgan fingerprint density at radius 2 is 1.85 bits per heavy atom. The molecule has 1 amide bonds. The molecule has 27 heavy (non-hydrogen) atoms. The fourth-order valence-electron chi connectivity index (χ4n) is 2.58. The zero-order chi connectivity index (χ0) is 19.8. The number of nitrogens with zero attached hydrogens (tertiary/aromatic N) is 2. The Balaban J connectivity index is 1.81. The Morgan fingerprint density at radius 3 is 2.48 bits per heavy atom. The van der Waals surface area contributed by atoms with E-state index in [9.17, 15) is 4.79 Å². The second-order valence-electron chi connectivity index (χ2n) is 6.83. The van der Waals surface area contributed by atoms with Crippen molar-refractivity contribution in [1.82, 2.24) is 15.3 Å². The summed E-state index contributed by atoms with van der Waals surface area (Å²) < 4.78 is 5.71. The van der Waals surface area contributed by atoms with Gasteiger partial charge in [0.2, 0.25) is 0 Å². The van der Waals surface area contributed by atoms with Crippen molar-refractivity contribution >= 4 is 17.7 Å². The molecule has 1 N–H and O–H groups in total. The summed E-state index contributed by atoms with van der Waals surface area (Å²) in [6, 6.07) is 8.02. The molecular formula is C21H29N3O2S. The van der Waals surface area contributed by atoms with E-state index in [0.29, 0.717) is 18.7 Å². The van der Waals surface area contributed by atoms with Gasteiger partial charge in [-0.05, 0) is 45.1 Å². The minimum atomic E-state index is -0.105. The van der Waals surface area contributed by atoms with Gasteiger partial charge in [-0.3, -0.25) is 4.79 Å². The van der Waals surface area contributed by atoms with Crippen LogP contribution in [0, 0.1) is 13.8 Å². The highest BCUT2D eigenvalue weighted by Gasteiger charge is 2.18. The fraction of sp³-hybridized carbons (Fsp3) is 0.476. The maximum absolute atomic E-state index is 12.6. The summed E-state index contributed by atoms with van der Waals surface area (Å²) in [5.74, 6) is 1.79. The molecule has 1 heterocycles. The second-order valence-corrected chi connectivity index (χ2v) is 7.63. The average Bonchev–Trinajstić information content (AvgIpc) is 2.64. The number of unbranched alkanes of at least 4 members (excludes halogenated alkanes) is 1. The van der Waals surface area contributed by atoms with Crippen LogP contribution in [0.3, 0.4) is 0 Å². The predicted octanol–water partition coefficient (Wildman–Crippen LogP) is 4.53. The van der Waals surface area contributed by atoms with Crippen LogP contribution in [0.1, 0.15) is 60.0 Å². The lowest BCUT2D eigenvalue weighted by Gasteiger charge is -2.13. The third kappa shape index (κ3) is 6.24. The maximum Gasteiger partial charge on any atom is 0.255 e. The first-order chi connectivity index (χ1) is 12.9.